The van der Waals surface area contributed by atoms with E-state index in [0.29, 0.717) is 12.2 Å². The minimum Gasteiger partial charge on any atom is -0.396 e. The van der Waals surface area contributed by atoms with Gasteiger partial charge in [0.2, 0.25) is 0 Å². The van der Waals surface area contributed by atoms with Gasteiger partial charge in [0.1, 0.15) is 5.69 Å². The van der Waals surface area contributed by atoms with Gasteiger partial charge in [0.25, 0.3) is 5.91 Å². The molecule has 5 heteroatoms. The summed E-state index contributed by atoms with van der Waals surface area (Å²) in [5.41, 5.74) is 0.602. The van der Waals surface area contributed by atoms with E-state index in [4.69, 9.17) is 5.11 Å². The maximum Gasteiger partial charge on any atom is 0.270 e. The van der Waals surface area contributed by atoms with Crippen LogP contribution in [0.4, 0.5) is 0 Å². The number of likely N-dealkylation sites (tertiary alicyclic amines) is 1. The van der Waals surface area contributed by atoms with Crippen molar-refractivity contribution in [2.75, 3.05) is 19.7 Å². The molecule has 0 bridgehead atoms. The Morgan fingerprint density at radius 2 is 2.50 bits per heavy atom. The van der Waals surface area contributed by atoms with E-state index in [2.05, 4.69) is 20.9 Å². The summed E-state index contributed by atoms with van der Waals surface area (Å²) in [6.45, 7) is 1.61. The summed E-state index contributed by atoms with van der Waals surface area (Å²) < 4.78 is 0.881. The molecule has 1 unspecified atom stereocenters. The molecule has 0 spiro atoms. The van der Waals surface area contributed by atoms with Crippen molar-refractivity contribution >= 4 is 21.8 Å². The predicted molar refractivity (Wildman–Crippen MR) is 64.2 cm³/mol. The molecule has 1 aromatic rings. The fourth-order valence-electron chi connectivity index (χ4n) is 2.06. The predicted octanol–water partition coefficient (Wildman–Crippen LogP) is 1.62. The Hall–Kier alpha value is -0.810. The SMILES string of the molecule is O=C(c1cc(Br)c[nH]1)N1CCCC(CO)C1. The molecule has 1 saturated heterocycles. The standard InChI is InChI=1S/C11H15BrN2O2/c12-9-4-10(13-5-9)11(16)14-3-1-2-8(6-14)7-15/h4-5,8,13,15H,1-3,6-7H2. The summed E-state index contributed by atoms with van der Waals surface area (Å²) in [6, 6.07) is 1.78. The second kappa shape index (κ2) is 5.01. The number of carbonyl (C=O) groups is 1. The van der Waals surface area contributed by atoms with E-state index in [-0.39, 0.29) is 18.4 Å². The van der Waals surface area contributed by atoms with Crippen molar-refractivity contribution in [2.24, 2.45) is 5.92 Å². The molecule has 88 valence electrons. The lowest BCUT2D eigenvalue weighted by atomic mass is 9.99. The summed E-state index contributed by atoms with van der Waals surface area (Å²) in [7, 11) is 0. The second-order valence-corrected chi connectivity index (χ2v) is 5.09. The molecule has 2 rings (SSSR count). The summed E-state index contributed by atoms with van der Waals surface area (Å²) >= 11 is 3.31. The summed E-state index contributed by atoms with van der Waals surface area (Å²) in [5, 5.41) is 9.11. The number of hydrogen-bond acceptors (Lipinski definition) is 2. The average molecular weight is 287 g/mol. The molecule has 16 heavy (non-hydrogen) atoms. The largest absolute Gasteiger partial charge is 0.396 e. The zero-order chi connectivity index (χ0) is 11.5. The van der Waals surface area contributed by atoms with E-state index < -0.39 is 0 Å². The Bertz CT molecular complexity index is 378. The van der Waals surface area contributed by atoms with Crippen LogP contribution in [0.2, 0.25) is 0 Å². The molecule has 1 amide bonds. The summed E-state index contributed by atoms with van der Waals surface area (Å²) in [5.74, 6) is 0.250. The van der Waals surface area contributed by atoms with E-state index in [0.717, 1.165) is 23.9 Å². The van der Waals surface area contributed by atoms with Gasteiger partial charge in [0.05, 0.1) is 0 Å². The van der Waals surface area contributed by atoms with Gasteiger partial charge >= 0.3 is 0 Å². The van der Waals surface area contributed by atoms with Crippen LogP contribution in [0.5, 0.6) is 0 Å². The van der Waals surface area contributed by atoms with E-state index in [1.54, 1.807) is 12.3 Å². The van der Waals surface area contributed by atoms with Gasteiger partial charge in [-0.2, -0.15) is 0 Å². The number of rotatable bonds is 2. The van der Waals surface area contributed by atoms with Crippen LogP contribution in [0.1, 0.15) is 23.3 Å². The highest BCUT2D eigenvalue weighted by Gasteiger charge is 2.24. The quantitative estimate of drug-likeness (QED) is 0.868. The van der Waals surface area contributed by atoms with Gasteiger partial charge in [-0.15, -0.1) is 0 Å². The Balaban J connectivity index is 2.04. The monoisotopic (exact) mass is 286 g/mol. The van der Waals surface area contributed by atoms with Gasteiger partial charge < -0.3 is 15.0 Å². The van der Waals surface area contributed by atoms with E-state index in [1.165, 1.54) is 0 Å². The zero-order valence-corrected chi connectivity index (χ0v) is 10.5. The van der Waals surface area contributed by atoms with Crippen LogP contribution in [0.25, 0.3) is 0 Å². The van der Waals surface area contributed by atoms with Crippen LogP contribution in [0.15, 0.2) is 16.7 Å². The molecule has 2 heterocycles. The minimum absolute atomic E-state index is 0.0175. The molecule has 0 radical (unpaired) electrons. The molecule has 0 saturated carbocycles. The molecule has 4 nitrogen and oxygen atoms in total. The van der Waals surface area contributed by atoms with Crippen molar-refractivity contribution in [3.63, 3.8) is 0 Å². The van der Waals surface area contributed by atoms with Crippen LogP contribution in [0.3, 0.4) is 0 Å². The number of amides is 1. The first kappa shape index (κ1) is 11.7. The number of aromatic amines is 1. The smallest absolute Gasteiger partial charge is 0.270 e. The third-order valence-corrected chi connectivity index (χ3v) is 3.40. The highest BCUT2D eigenvalue weighted by molar-refractivity contribution is 9.10. The Labute approximate surface area is 103 Å². The highest BCUT2D eigenvalue weighted by atomic mass is 79.9. The van der Waals surface area contributed by atoms with Crippen molar-refractivity contribution < 1.29 is 9.90 Å². The van der Waals surface area contributed by atoms with Gasteiger partial charge in [-0.05, 0) is 40.8 Å². The molecule has 1 aliphatic rings. The molecule has 0 aliphatic carbocycles. The molecule has 2 N–H and O–H groups in total. The number of hydrogen-bond donors (Lipinski definition) is 2. The molecular weight excluding hydrogens is 272 g/mol. The van der Waals surface area contributed by atoms with Crippen LogP contribution in [0, 0.1) is 5.92 Å². The first-order valence-electron chi connectivity index (χ1n) is 5.44. The van der Waals surface area contributed by atoms with Gasteiger partial charge in [0, 0.05) is 30.4 Å². The molecular formula is C11H15BrN2O2. The minimum atomic E-state index is 0.0175. The van der Waals surface area contributed by atoms with Crippen molar-refractivity contribution in [1.82, 2.24) is 9.88 Å². The van der Waals surface area contributed by atoms with Crippen LogP contribution in [-0.2, 0) is 0 Å². The number of piperidine rings is 1. The third-order valence-electron chi connectivity index (χ3n) is 2.94. The fourth-order valence-corrected chi connectivity index (χ4v) is 2.40. The number of halogens is 1. The zero-order valence-electron chi connectivity index (χ0n) is 8.95. The van der Waals surface area contributed by atoms with E-state index in [9.17, 15) is 4.79 Å². The van der Waals surface area contributed by atoms with Crippen molar-refractivity contribution in [3.8, 4) is 0 Å². The van der Waals surface area contributed by atoms with E-state index >= 15 is 0 Å². The number of aliphatic hydroxyl groups excluding tert-OH is 1. The molecule has 1 atom stereocenters. The summed E-state index contributed by atoms with van der Waals surface area (Å²) in [6.07, 6.45) is 3.73. The number of aliphatic hydroxyl groups is 1. The second-order valence-electron chi connectivity index (χ2n) is 4.17. The fraction of sp³-hybridized carbons (Fsp3) is 0.545. The molecule has 1 aromatic heterocycles. The number of nitrogens with one attached hydrogen (secondary N) is 1. The van der Waals surface area contributed by atoms with Gasteiger partial charge in [0.15, 0.2) is 0 Å². The Morgan fingerprint density at radius 3 is 3.12 bits per heavy atom. The van der Waals surface area contributed by atoms with Crippen LogP contribution < -0.4 is 0 Å². The maximum atomic E-state index is 12.1. The lowest BCUT2D eigenvalue weighted by molar-refractivity contribution is 0.0615. The molecule has 0 aromatic carbocycles. The Morgan fingerprint density at radius 1 is 1.69 bits per heavy atom. The lowest BCUT2D eigenvalue weighted by Crippen LogP contribution is -2.41. The van der Waals surface area contributed by atoms with Gasteiger partial charge in [-0.25, -0.2) is 0 Å². The maximum absolute atomic E-state index is 12.1. The first-order chi connectivity index (χ1) is 7.70. The molecule has 1 fully saturated rings. The number of aromatic nitrogens is 1. The number of H-pyrrole nitrogens is 1. The van der Waals surface area contributed by atoms with Crippen molar-refractivity contribution in [2.45, 2.75) is 12.8 Å². The van der Waals surface area contributed by atoms with Gasteiger partial charge in [-0.1, -0.05) is 0 Å². The topological polar surface area (TPSA) is 56.3 Å². The normalized spacial score (nSPS) is 21.1. The first-order valence-corrected chi connectivity index (χ1v) is 6.24. The van der Waals surface area contributed by atoms with Crippen LogP contribution >= 0.6 is 15.9 Å². The summed E-state index contributed by atoms with van der Waals surface area (Å²) in [4.78, 5) is 16.8. The number of carbonyl (C=O) groups excluding carboxylic acids is 1. The third kappa shape index (κ3) is 2.47. The van der Waals surface area contributed by atoms with Crippen molar-refractivity contribution in [3.05, 3.63) is 22.4 Å². The van der Waals surface area contributed by atoms with Gasteiger partial charge in [-0.3, -0.25) is 4.79 Å². The Kier molecular flexibility index (Phi) is 3.66. The number of nitrogens with zero attached hydrogens (tertiary/aromatic N) is 1. The van der Waals surface area contributed by atoms with Crippen molar-refractivity contribution in [1.29, 1.82) is 0 Å². The average Bonchev–Trinajstić information content (AvgIpc) is 2.75. The van der Waals surface area contributed by atoms with Crippen LogP contribution in [-0.4, -0.2) is 40.6 Å². The van der Waals surface area contributed by atoms with E-state index in [1.807, 2.05) is 4.90 Å². The molecule has 1 aliphatic heterocycles. The highest BCUT2D eigenvalue weighted by Crippen LogP contribution is 2.19. The lowest BCUT2D eigenvalue weighted by Gasteiger charge is -2.31.